The van der Waals surface area contributed by atoms with E-state index in [1.54, 1.807) is 38.2 Å². The fourth-order valence-corrected chi connectivity index (χ4v) is 2.48. The zero-order chi connectivity index (χ0) is 18.7. The topological polar surface area (TPSA) is 106 Å². The summed E-state index contributed by atoms with van der Waals surface area (Å²) in [5.74, 6) is 0.351. The quantitative estimate of drug-likeness (QED) is 0.648. The van der Waals surface area contributed by atoms with Gasteiger partial charge in [-0.2, -0.15) is 0 Å². The maximum atomic E-state index is 14.1. The number of nitrogens with one attached hydrogen (secondary N) is 2. The lowest BCUT2D eigenvalue weighted by Gasteiger charge is -2.11. The van der Waals surface area contributed by atoms with Gasteiger partial charge in [-0.1, -0.05) is 0 Å². The zero-order valence-electron chi connectivity index (χ0n) is 14.3. The minimum absolute atomic E-state index is 0.188. The summed E-state index contributed by atoms with van der Waals surface area (Å²) in [7, 11) is 0. The number of nitrogen functional groups attached to an aromatic ring is 1. The molecule has 0 unspecified atom stereocenters. The molecule has 0 atom stereocenters. The van der Waals surface area contributed by atoms with E-state index in [0.29, 0.717) is 34.4 Å². The second kappa shape index (κ2) is 7.22. The number of oxazole rings is 1. The molecule has 2 heterocycles. The maximum Gasteiger partial charge on any atom is 0.277 e. The number of amides is 1. The molecule has 2 aromatic heterocycles. The number of anilines is 3. The van der Waals surface area contributed by atoms with Crippen LogP contribution in [0.3, 0.4) is 0 Å². The van der Waals surface area contributed by atoms with Gasteiger partial charge in [-0.05, 0) is 37.3 Å². The monoisotopic (exact) mass is 355 g/mol. The summed E-state index contributed by atoms with van der Waals surface area (Å²) in [6, 6.07) is 7.81. The molecule has 0 fully saturated rings. The molecule has 134 valence electrons. The molecule has 0 saturated carbocycles. The van der Waals surface area contributed by atoms with Crippen molar-refractivity contribution in [1.29, 1.82) is 0 Å². The number of nitrogens with zero attached hydrogens (tertiary/aromatic N) is 2. The van der Waals surface area contributed by atoms with Crippen LogP contribution in [0.4, 0.5) is 21.6 Å². The number of nitrogens with two attached hydrogens (primary N) is 1. The van der Waals surface area contributed by atoms with E-state index >= 15 is 0 Å². The van der Waals surface area contributed by atoms with Crippen molar-refractivity contribution in [3.8, 4) is 0 Å². The van der Waals surface area contributed by atoms with Gasteiger partial charge in [-0.15, -0.1) is 0 Å². The number of hydrogen-bond acceptors (Lipinski definition) is 6. The molecule has 3 rings (SSSR count). The van der Waals surface area contributed by atoms with Gasteiger partial charge >= 0.3 is 0 Å². The number of benzene rings is 1. The Balaban J connectivity index is 1.74. The molecule has 4 N–H and O–H groups in total. The Labute approximate surface area is 149 Å². The molecule has 1 aromatic carbocycles. The summed E-state index contributed by atoms with van der Waals surface area (Å²) >= 11 is 0. The second-order valence-corrected chi connectivity index (χ2v) is 5.69. The lowest BCUT2D eigenvalue weighted by atomic mass is 10.1. The van der Waals surface area contributed by atoms with Crippen molar-refractivity contribution in [2.45, 2.75) is 20.4 Å². The number of hydrogen-bond donors (Lipinski definition) is 3. The normalized spacial score (nSPS) is 10.6. The van der Waals surface area contributed by atoms with Crippen LogP contribution in [0.2, 0.25) is 0 Å². The fraction of sp³-hybridized carbons (Fsp3) is 0.167. The average Bonchev–Trinajstić information content (AvgIpc) is 2.95. The first-order valence-corrected chi connectivity index (χ1v) is 7.92. The van der Waals surface area contributed by atoms with Gasteiger partial charge < -0.3 is 20.8 Å². The first-order chi connectivity index (χ1) is 12.4. The highest BCUT2D eigenvalue weighted by atomic mass is 19.1. The molecule has 0 saturated heterocycles. The van der Waals surface area contributed by atoms with E-state index in [-0.39, 0.29) is 12.2 Å². The van der Waals surface area contributed by atoms with Gasteiger partial charge in [0, 0.05) is 30.9 Å². The third kappa shape index (κ3) is 3.80. The first kappa shape index (κ1) is 17.4. The Hall–Kier alpha value is -3.42. The molecule has 0 spiro atoms. The number of pyridine rings is 1. The van der Waals surface area contributed by atoms with Crippen molar-refractivity contribution in [3.63, 3.8) is 0 Å². The summed E-state index contributed by atoms with van der Waals surface area (Å²) in [6.45, 7) is 3.51. The first-order valence-electron chi connectivity index (χ1n) is 7.92. The SMILES string of the molecule is Cc1nc(C(=O)Nc2ccc(F)c(CNc3cccnc3N)c2)c(C)o1. The summed E-state index contributed by atoms with van der Waals surface area (Å²) in [4.78, 5) is 20.3. The van der Waals surface area contributed by atoms with Crippen LogP contribution in [0.1, 0.15) is 27.7 Å². The fourth-order valence-electron chi connectivity index (χ4n) is 2.48. The van der Waals surface area contributed by atoms with Crippen molar-refractivity contribution in [1.82, 2.24) is 9.97 Å². The van der Waals surface area contributed by atoms with Crippen molar-refractivity contribution < 1.29 is 13.6 Å². The van der Waals surface area contributed by atoms with E-state index in [9.17, 15) is 9.18 Å². The molecule has 0 bridgehead atoms. The van der Waals surface area contributed by atoms with Gasteiger partial charge in [0.2, 0.25) is 0 Å². The van der Waals surface area contributed by atoms with Crippen LogP contribution < -0.4 is 16.4 Å². The summed E-state index contributed by atoms with van der Waals surface area (Å²) in [6.07, 6.45) is 1.57. The molecule has 8 heteroatoms. The summed E-state index contributed by atoms with van der Waals surface area (Å²) in [5, 5.41) is 5.72. The summed E-state index contributed by atoms with van der Waals surface area (Å²) < 4.78 is 19.3. The van der Waals surface area contributed by atoms with E-state index in [0.717, 1.165) is 0 Å². The van der Waals surface area contributed by atoms with Gasteiger partial charge in [0.25, 0.3) is 5.91 Å². The van der Waals surface area contributed by atoms with Crippen LogP contribution in [-0.4, -0.2) is 15.9 Å². The van der Waals surface area contributed by atoms with Crippen molar-refractivity contribution in [2.24, 2.45) is 0 Å². The van der Waals surface area contributed by atoms with Gasteiger partial charge in [0.05, 0.1) is 5.69 Å². The maximum absolute atomic E-state index is 14.1. The third-order valence-electron chi connectivity index (χ3n) is 3.73. The van der Waals surface area contributed by atoms with Gasteiger partial charge in [0.1, 0.15) is 17.4 Å². The van der Waals surface area contributed by atoms with Crippen LogP contribution >= 0.6 is 0 Å². The number of aromatic nitrogens is 2. The Morgan fingerprint density at radius 1 is 1.31 bits per heavy atom. The lowest BCUT2D eigenvalue weighted by Crippen LogP contribution is -2.14. The highest BCUT2D eigenvalue weighted by Gasteiger charge is 2.16. The third-order valence-corrected chi connectivity index (χ3v) is 3.73. The van der Waals surface area contributed by atoms with Gasteiger partial charge in [0.15, 0.2) is 11.6 Å². The molecule has 0 aliphatic rings. The van der Waals surface area contributed by atoms with E-state index in [2.05, 4.69) is 20.6 Å². The van der Waals surface area contributed by atoms with E-state index in [1.165, 1.54) is 12.1 Å². The Morgan fingerprint density at radius 3 is 2.81 bits per heavy atom. The highest BCUT2D eigenvalue weighted by molar-refractivity contribution is 6.03. The zero-order valence-corrected chi connectivity index (χ0v) is 14.3. The highest BCUT2D eigenvalue weighted by Crippen LogP contribution is 2.20. The van der Waals surface area contributed by atoms with Crippen LogP contribution in [0.5, 0.6) is 0 Å². The van der Waals surface area contributed by atoms with Gasteiger partial charge in [-0.3, -0.25) is 4.79 Å². The van der Waals surface area contributed by atoms with Crippen molar-refractivity contribution in [3.05, 3.63) is 65.3 Å². The number of aryl methyl sites for hydroxylation is 2. The second-order valence-electron chi connectivity index (χ2n) is 5.69. The molecule has 0 aliphatic heterocycles. The van der Waals surface area contributed by atoms with Crippen LogP contribution in [0.15, 0.2) is 40.9 Å². The minimum Gasteiger partial charge on any atom is -0.445 e. The van der Waals surface area contributed by atoms with Crippen molar-refractivity contribution >= 4 is 23.1 Å². The van der Waals surface area contributed by atoms with Crippen LogP contribution in [-0.2, 0) is 6.54 Å². The van der Waals surface area contributed by atoms with E-state index in [4.69, 9.17) is 10.2 Å². The lowest BCUT2D eigenvalue weighted by molar-refractivity contribution is 0.102. The number of carbonyl (C=O) groups is 1. The van der Waals surface area contributed by atoms with E-state index < -0.39 is 11.7 Å². The Morgan fingerprint density at radius 2 is 2.12 bits per heavy atom. The summed E-state index contributed by atoms with van der Waals surface area (Å²) in [5.41, 5.74) is 7.39. The Kier molecular flexibility index (Phi) is 4.83. The molecule has 7 nitrogen and oxygen atoms in total. The predicted octanol–water partition coefficient (Wildman–Crippen LogP) is 3.27. The molecular formula is C18H18FN5O2. The minimum atomic E-state index is -0.415. The average molecular weight is 355 g/mol. The largest absolute Gasteiger partial charge is 0.445 e. The molecule has 26 heavy (non-hydrogen) atoms. The smallest absolute Gasteiger partial charge is 0.277 e. The number of carbonyl (C=O) groups excluding carboxylic acids is 1. The standard InChI is InChI=1S/C18H18FN5O2/c1-10-16(23-11(2)26-10)18(25)24-13-5-6-14(19)12(8-13)9-22-15-4-3-7-21-17(15)20/h3-8,22H,9H2,1-2H3,(H2,20,21)(H,24,25). The predicted molar refractivity (Wildman–Crippen MR) is 96.3 cm³/mol. The molecular weight excluding hydrogens is 337 g/mol. The number of halogens is 1. The van der Waals surface area contributed by atoms with E-state index in [1.807, 2.05) is 0 Å². The Bertz CT molecular complexity index is 955. The molecule has 0 radical (unpaired) electrons. The molecule has 3 aromatic rings. The van der Waals surface area contributed by atoms with Crippen LogP contribution in [0.25, 0.3) is 0 Å². The van der Waals surface area contributed by atoms with Crippen LogP contribution in [0, 0.1) is 19.7 Å². The molecule has 1 amide bonds. The van der Waals surface area contributed by atoms with Crippen molar-refractivity contribution in [2.75, 3.05) is 16.4 Å². The number of rotatable bonds is 5. The molecule has 0 aliphatic carbocycles. The van der Waals surface area contributed by atoms with Gasteiger partial charge in [-0.25, -0.2) is 14.4 Å².